The van der Waals surface area contributed by atoms with Crippen LogP contribution in [0.25, 0.3) is 0 Å². The highest BCUT2D eigenvalue weighted by Crippen LogP contribution is 2.52. The maximum absolute atomic E-state index is 13.6. The summed E-state index contributed by atoms with van der Waals surface area (Å²) in [6, 6.07) is 7.08. The number of rotatable bonds is 5. The maximum atomic E-state index is 13.6. The van der Waals surface area contributed by atoms with Crippen molar-refractivity contribution in [1.29, 1.82) is 5.26 Å². The Morgan fingerprint density at radius 2 is 1.77 bits per heavy atom. The molecular formula is C22H26F2N4O2. The Hall–Kier alpha value is -2.53. The third kappa shape index (κ3) is 3.91. The van der Waals surface area contributed by atoms with Gasteiger partial charge in [0.05, 0.1) is 19.2 Å². The van der Waals surface area contributed by atoms with Crippen LogP contribution >= 0.6 is 0 Å². The Balaban J connectivity index is 1.32. The van der Waals surface area contributed by atoms with E-state index in [-0.39, 0.29) is 42.7 Å². The predicted octanol–water partition coefficient (Wildman–Crippen LogP) is 2.91. The molecule has 160 valence electrons. The van der Waals surface area contributed by atoms with Gasteiger partial charge in [0.2, 0.25) is 11.8 Å². The molecule has 3 aliphatic carbocycles. The molecule has 1 saturated heterocycles. The number of carbonyl (C=O) groups excluding carboxylic acids is 2. The van der Waals surface area contributed by atoms with Crippen LogP contribution in [0.4, 0.5) is 14.5 Å². The monoisotopic (exact) mass is 416 g/mol. The maximum Gasteiger partial charge on any atom is 0.237 e. The van der Waals surface area contributed by atoms with Crippen LogP contribution in [0, 0.1) is 22.6 Å². The molecule has 1 aliphatic heterocycles. The predicted molar refractivity (Wildman–Crippen MR) is 107 cm³/mol. The van der Waals surface area contributed by atoms with Crippen LogP contribution in [0.3, 0.4) is 0 Å². The third-order valence-electron chi connectivity index (χ3n) is 7.16. The molecule has 3 saturated carbocycles. The van der Waals surface area contributed by atoms with Crippen molar-refractivity contribution in [3.8, 4) is 6.07 Å². The minimum Gasteiger partial charge on any atom is -0.326 e. The fourth-order valence-corrected chi connectivity index (χ4v) is 5.14. The SMILES string of the molecule is N#CC1CC(F)CN1C(=O)CNC12CCC(C(=O)Nc3ccc(F)cc3)(CC1)CC2. The van der Waals surface area contributed by atoms with Gasteiger partial charge in [-0.15, -0.1) is 0 Å². The number of alkyl halides is 1. The van der Waals surface area contributed by atoms with Crippen LogP contribution in [-0.2, 0) is 9.59 Å². The van der Waals surface area contributed by atoms with Gasteiger partial charge in [-0.25, -0.2) is 8.78 Å². The first-order valence-corrected chi connectivity index (χ1v) is 10.5. The number of nitrogens with zero attached hydrogens (tertiary/aromatic N) is 2. The van der Waals surface area contributed by atoms with E-state index >= 15 is 0 Å². The van der Waals surface area contributed by atoms with Crippen molar-refractivity contribution in [2.75, 3.05) is 18.4 Å². The summed E-state index contributed by atoms with van der Waals surface area (Å²) in [5.41, 5.74) is -0.0278. The number of amides is 2. The van der Waals surface area contributed by atoms with E-state index in [0.717, 1.165) is 38.5 Å². The summed E-state index contributed by atoms with van der Waals surface area (Å²) in [5.74, 6) is -0.613. The zero-order valence-electron chi connectivity index (χ0n) is 16.8. The van der Waals surface area contributed by atoms with Gasteiger partial charge in [0.25, 0.3) is 0 Å². The van der Waals surface area contributed by atoms with Crippen molar-refractivity contribution in [3.05, 3.63) is 30.1 Å². The standard InChI is InChI=1S/C22H26F2N4O2/c23-15-1-3-17(4-2-15)27-20(30)21-5-8-22(9-6-21,10-7-21)26-13-19(29)28-14-16(24)11-18(28)12-25/h1-4,16,18,26H,5-11,13-14H2,(H,27,30). The first-order valence-electron chi connectivity index (χ1n) is 10.5. The highest BCUT2D eigenvalue weighted by atomic mass is 19.1. The number of halogens is 2. The molecule has 2 amide bonds. The molecule has 2 bridgehead atoms. The Morgan fingerprint density at radius 1 is 1.13 bits per heavy atom. The second-order valence-corrected chi connectivity index (χ2v) is 8.90. The number of fused-ring (bicyclic) bond motifs is 3. The number of carbonyl (C=O) groups is 2. The summed E-state index contributed by atoms with van der Waals surface area (Å²) in [6.45, 7) is 0.0675. The lowest BCUT2D eigenvalue weighted by Crippen LogP contribution is -2.59. The average Bonchev–Trinajstić information content (AvgIpc) is 3.16. The molecule has 2 unspecified atom stereocenters. The molecule has 30 heavy (non-hydrogen) atoms. The van der Waals surface area contributed by atoms with E-state index in [9.17, 15) is 18.4 Å². The van der Waals surface area contributed by atoms with Gasteiger partial charge in [-0.3, -0.25) is 9.59 Å². The number of likely N-dealkylation sites (tertiary alicyclic amines) is 1. The first-order chi connectivity index (χ1) is 14.3. The Morgan fingerprint density at radius 3 is 2.37 bits per heavy atom. The third-order valence-corrected chi connectivity index (χ3v) is 7.16. The molecule has 0 radical (unpaired) electrons. The topological polar surface area (TPSA) is 85.2 Å². The van der Waals surface area contributed by atoms with Gasteiger partial charge in [0.1, 0.15) is 18.0 Å². The first kappa shape index (κ1) is 20.7. The lowest BCUT2D eigenvalue weighted by molar-refractivity contribution is -0.135. The van der Waals surface area contributed by atoms with Crippen LogP contribution in [-0.4, -0.2) is 47.6 Å². The van der Waals surface area contributed by atoms with E-state index in [1.165, 1.54) is 17.0 Å². The quantitative estimate of drug-likeness (QED) is 0.773. The molecule has 4 fully saturated rings. The summed E-state index contributed by atoms with van der Waals surface area (Å²) in [4.78, 5) is 26.8. The average molecular weight is 416 g/mol. The Labute approximate surface area is 174 Å². The van der Waals surface area contributed by atoms with Crippen molar-refractivity contribution in [2.45, 2.75) is 62.7 Å². The molecule has 2 N–H and O–H groups in total. The highest BCUT2D eigenvalue weighted by Gasteiger charge is 2.52. The molecule has 1 aromatic carbocycles. The minimum absolute atomic E-state index is 0.0155. The molecule has 1 heterocycles. The summed E-state index contributed by atoms with van der Waals surface area (Å²) in [6.07, 6.45) is 3.45. The van der Waals surface area contributed by atoms with Crippen molar-refractivity contribution in [2.24, 2.45) is 5.41 Å². The Kier molecular flexibility index (Phi) is 5.49. The number of hydrogen-bond donors (Lipinski definition) is 2. The molecule has 5 rings (SSSR count). The second-order valence-electron chi connectivity index (χ2n) is 8.90. The van der Waals surface area contributed by atoms with Gasteiger partial charge in [-0.1, -0.05) is 0 Å². The van der Waals surface area contributed by atoms with E-state index in [1.807, 2.05) is 6.07 Å². The molecule has 6 nitrogen and oxygen atoms in total. The van der Waals surface area contributed by atoms with E-state index in [4.69, 9.17) is 5.26 Å². The normalized spacial score (nSPS) is 32.6. The number of nitrogens with one attached hydrogen (secondary N) is 2. The number of benzene rings is 1. The largest absolute Gasteiger partial charge is 0.326 e. The molecule has 0 spiro atoms. The molecule has 1 aromatic rings. The number of nitriles is 1. The van der Waals surface area contributed by atoms with Crippen LogP contribution in [0.1, 0.15) is 44.9 Å². The number of anilines is 1. The molecule has 0 aromatic heterocycles. The summed E-state index contributed by atoms with van der Waals surface area (Å²) < 4.78 is 26.7. The minimum atomic E-state index is -1.14. The second kappa shape index (κ2) is 7.95. The summed E-state index contributed by atoms with van der Waals surface area (Å²) >= 11 is 0. The van der Waals surface area contributed by atoms with Crippen molar-refractivity contribution < 1.29 is 18.4 Å². The van der Waals surface area contributed by atoms with Crippen LogP contribution in [0.2, 0.25) is 0 Å². The van der Waals surface area contributed by atoms with Crippen LogP contribution in [0.15, 0.2) is 24.3 Å². The summed E-state index contributed by atoms with van der Waals surface area (Å²) in [7, 11) is 0. The van der Waals surface area contributed by atoms with E-state index in [2.05, 4.69) is 10.6 Å². The zero-order valence-corrected chi connectivity index (χ0v) is 16.8. The summed E-state index contributed by atoms with van der Waals surface area (Å²) in [5, 5.41) is 15.4. The molecule has 2 atom stereocenters. The van der Waals surface area contributed by atoms with E-state index in [1.54, 1.807) is 12.1 Å². The smallest absolute Gasteiger partial charge is 0.237 e. The van der Waals surface area contributed by atoms with Crippen molar-refractivity contribution in [1.82, 2.24) is 10.2 Å². The van der Waals surface area contributed by atoms with Gasteiger partial charge in [0.15, 0.2) is 0 Å². The van der Waals surface area contributed by atoms with Crippen molar-refractivity contribution >= 4 is 17.5 Å². The van der Waals surface area contributed by atoms with Gasteiger partial charge >= 0.3 is 0 Å². The van der Waals surface area contributed by atoms with Gasteiger partial charge in [-0.05, 0) is 62.8 Å². The Bertz CT molecular complexity index is 842. The molecular weight excluding hydrogens is 390 g/mol. The van der Waals surface area contributed by atoms with Gasteiger partial charge < -0.3 is 15.5 Å². The fourth-order valence-electron chi connectivity index (χ4n) is 5.14. The van der Waals surface area contributed by atoms with Gasteiger partial charge in [0, 0.05) is 23.1 Å². The fraction of sp³-hybridized carbons (Fsp3) is 0.591. The van der Waals surface area contributed by atoms with E-state index < -0.39 is 17.6 Å². The highest BCUT2D eigenvalue weighted by molar-refractivity contribution is 5.95. The molecule has 8 heteroatoms. The van der Waals surface area contributed by atoms with Crippen molar-refractivity contribution in [3.63, 3.8) is 0 Å². The number of hydrogen-bond acceptors (Lipinski definition) is 4. The zero-order chi connectivity index (χ0) is 21.4. The van der Waals surface area contributed by atoms with Crippen LogP contribution < -0.4 is 10.6 Å². The lowest BCUT2D eigenvalue weighted by atomic mass is 9.57. The van der Waals surface area contributed by atoms with E-state index in [0.29, 0.717) is 5.69 Å². The van der Waals surface area contributed by atoms with Gasteiger partial charge in [-0.2, -0.15) is 5.26 Å². The molecule has 4 aliphatic rings. The lowest BCUT2D eigenvalue weighted by Gasteiger charge is -2.52. The van der Waals surface area contributed by atoms with Crippen LogP contribution in [0.5, 0.6) is 0 Å².